The number of aromatic nitrogens is 1. The quantitative estimate of drug-likeness (QED) is 0.722. The summed E-state index contributed by atoms with van der Waals surface area (Å²) in [6.07, 6.45) is 2.02. The van der Waals surface area contributed by atoms with Crippen molar-refractivity contribution in [2.24, 2.45) is 0 Å². The third kappa shape index (κ3) is 4.90. The number of amides is 3. The van der Waals surface area contributed by atoms with E-state index in [1.54, 1.807) is 5.38 Å². The van der Waals surface area contributed by atoms with Gasteiger partial charge in [0, 0.05) is 36.6 Å². The van der Waals surface area contributed by atoms with Gasteiger partial charge in [-0.1, -0.05) is 0 Å². The lowest BCUT2D eigenvalue weighted by Crippen LogP contribution is -2.56. The van der Waals surface area contributed by atoms with Crippen molar-refractivity contribution in [3.8, 4) is 11.3 Å². The number of carbonyl (C=O) groups is 2. The first-order chi connectivity index (χ1) is 15.2. The third-order valence-corrected chi connectivity index (χ3v) is 7.97. The standard InChI is InChI=1S/C20H22F2N4O4S2/c21-13-4-5-14(15(22)11-13)16-12-31-19(23-16)24-18(27)17-3-1-2-6-26(17)20(28)25-7-9-32(29,30)10-8-25/h4-5,11-12,17H,1-3,6-10H2,(H,23,24,27)/t17-/m0/s1. The zero-order chi connectivity index (χ0) is 22.9. The van der Waals surface area contributed by atoms with Crippen LogP contribution in [-0.2, 0) is 14.6 Å². The minimum atomic E-state index is -3.12. The lowest BCUT2D eigenvalue weighted by Gasteiger charge is -2.39. The van der Waals surface area contributed by atoms with Gasteiger partial charge in [-0.2, -0.15) is 0 Å². The fourth-order valence-electron chi connectivity index (χ4n) is 3.86. The number of nitrogens with one attached hydrogen (secondary N) is 1. The van der Waals surface area contributed by atoms with Gasteiger partial charge in [-0.15, -0.1) is 11.3 Å². The number of likely N-dealkylation sites (tertiary alicyclic amines) is 1. The molecule has 3 heterocycles. The van der Waals surface area contributed by atoms with E-state index in [-0.39, 0.29) is 47.0 Å². The van der Waals surface area contributed by atoms with Crippen molar-refractivity contribution in [2.45, 2.75) is 25.3 Å². The summed E-state index contributed by atoms with van der Waals surface area (Å²) in [5.74, 6) is -2.00. The Labute approximate surface area is 188 Å². The first-order valence-electron chi connectivity index (χ1n) is 10.2. The van der Waals surface area contributed by atoms with Gasteiger partial charge in [0.15, 0.2) is 15.0 Å². The summed E-state index contributed by atoms with van der Waals surface area (Å²) in [4.78, 5) is 33.1. The number of hydrogen-bond acceptors (Lipinski definition) is 6. The summed E-state index contributed by atoms with van der Waals surface area (Å²) in [7, 11) is -3.12. The van der Waals surface area contributed by atoms with Crippen molar-refractivity contribution in [2.75, 3.05) is 36.5 Å². The summed E-state index contributed by atoms with van der Waals surface area (Å²) >= 11 is 1.10. The van der Waals surface area contributed by atoms with Gasteiger partial charge in [0.25, 0.3) is 0 Å². The van der Waals surface area contributed by atoms with Gasteiger partial charge in [-0.3, -0.25) is 4.79 Å². The largest absolute Gasteiger partial charge is 0.323 e. The van der Waals surface area contributed by atoms with Crippen LogP contribution in [0.4, 0.5) is 18.7 Å². The van der Waals surface area contributed by atoms with Gasteiger partial charge in [0.1, 0.15) is 17.7 Å². The smallest absolute Gasteiger partial charge is 0.320 e. The SMILES string of the molecule is O=C(Nc1nc(-c2ccc(F)cc2F)cs1)[C@@H]1CCCCN1C(=O)N1CCS(=O)(=O)CC1. The third-order valence-electron chi connectivity index (χ3n) is 5.61. The molecule has 32 heavy (non-hydrogen) atoms. The molecule has 2 saturated heterocycles. The molecule has 2 aromatic rings. The van der Waals surface area contributed by atoms with E-state index in [0.29, 0.717) is 13.0 Å². The second-order valence-electron chi connectivity index (χ2n) is 7.78. The number of benzene rings is 1. The van der Waals surface area contributed by atoms with Crippen LogP contribution in [0.1, 0.15) is 19.3 Å². The molecule has 2 aliphatic rings. The van der Waals surface area contributed by atoms with Gasteiger partial charge >= 0.3 is 6.03 Å². The van der Waals surface area contributed by atoms with E-state index < -0.39 is 33.4 Å². The first kappa shape index (κ1) is 22.6. The molecule has 1 N–H and O–H groups in total. The number of thiazole rings is 1. The maximum absolute atomic E-state index is 14.0. The van der Waals surface area contributed by atoms with Gasteiger partial charge in [0.2, 0.25) is 5.91 Å². The van der Waals surface area contributed by atoms with Crippen LogP contribution in [-0.4, -0.2) is 72.3 Å². The fraction of sp³-hybridized carbons (Fsp3) is 0.450. The highest BCUT2D eigenvalue weighted by atomic mass is 32.2. The van der Waals surface area contributed by atoms with Gasteiger partial charge in [-0.05, 0) is 31.4 Å². The molecule has 8 nitrogen and oxygen atoms in total. The number of urea groups is 1. The van der Waals surface area contributed by atoms with Gasteiger partial charge < -0.3 is 15.1 Å². The van der Waals surface area contributed by atoms with E-state index in [9.17, 15) is 26.8 Å². The fourth-order valence-corrected chi connectivity index (χ4v) is 5.77. The van der Waals surface area contributed by atoms with Crippen LogP contribution in [0.2, 0.25) is 0 Å². The topological polar surface area (TPSA) is 99.7 Å². The summed E-state index contributed by atoms with van der Waals surface area (Å²) in [5, 5.41) is 4.50. The molecule has 0 unspecified atom stereocenters. The maximum atomic E-state index is 14.0. The Kier molecular flexibility index (Phi) is 6.42. The predicted molar refractivity (Wildman–Crippen MR) is 116 cm³/mol. The number of halogens is 2. The van der Waals surface area contributed by atoms with Gasteiger partial charge in [0.05, 0.1) is 17.2 Å². The molecule has 2 aliphatic heterocycles. The van der Waals surface area contributed by atoms with Crippen molar-refractivity contribution in [1.29, 1.82) is 0 Å². The second-order valence-corrected chi connectivity index (χ2v) is 10.9. The molecule has 4 rings (SSSR count). The second kappa shape index (κ2) is 9.10. The molecule has 0 radical (unpaired) electrons. The summed E-state index contributed by atoms with van der Waals surface area (Å²) in [5.41, 5.74) is 0.395. The molecule has 12 heteroatoms. The zero-order valence-corrected chi connectivity index (χ0v) is 18.7. The van der Waals surface area contributed by atoms with Crippen molar-refractivity contribution < 1.29 is 26.8 Å². The number of hydrogen-bond donors (Lipinski definition) is 1. The maximum Gasteiger partial charge on any atom is 0.320 e. The molecular weight excluding hydrogens is 462 g/mol. The van der Waals surface area contributed by atoms with Crippen LogP contribution < -0.4 is 5.32 Å². The van der Waals surface area contributed by atoms with E-state index in [2.05, 4.69) is 10.3 Å². The van der Waals surface area contributed by atoms with Crippen LogP contribution in [0.5, 0.6) is 0 Å². The van der Waals surface area contributed by atoms with Crippen molar-refractivity contribution in [3.05, 3.63) is 35.2 Å². The summed E-state index contributed by atoms with van der Waals surface area (Å²) < 4.78 is 50.5. The molecule has 1 aromatic heterocycles. The Balaban J connectivity index is 1.45. The average Bonchev–Trinajstić information content (AvgIpc) is 3.21. The Hall–Kier alpha value is -2.60. The van der Waals surface area contributed by atoms with E-state index in [0.717, 1.165) is 36.3 Å². The number of piperidine rings is 1. The van der Waals surface area contributed by atoms with Gasteiger partial charge in [-0.25, -0.2) is 27.0 Å². The van der Waals surface area contributed by atoms with Crippen LogP contribution in [0.15, 0.2) is 23.6 Å². The lowest BCUT2D eigenvalue weighted by atomic mass is 10.0. The van der Waals surface area contributed by atoms with Crippen LogP contribution >= 0.6 is 11.3 Å². The highest BCUT2D eigenvalue weighted by Gasteiger charge is 2.36. The molecular formula is C20H22F2N4O4S2. The minimum absolute atomic E-state index is 0.0781. The van der Waals surface area contributed by atoms with Crippen LogP contribution in [0.25, 0.3) is 11.3 Å². The van der Waals surface area contributed by atoms with Crippen LogP contribution in [0, 0.1) is 11.6 Å². The zero-order valence-electron chi connectivity index (χ0n) is 17.1. The predicted octanol–water partition coefficient (Wildman–Crippen LogP) is 2.73. The highest BCUT2D eigenvalue weighted by molar-refractivity contribution is 7.91. The number of anilines is 1. The highest BCUT2D eigenvalue weighted by Crippen LogP contribution is 2.28. The molecule has 0 bridgehead atoms. The Morgan fingerprint density at radius 3 is 2.59 bits per heavy atom. The van der Waals surface area contributed by atoms with Crippen molar-refractivity contribution >= 4 is 38.2 Å². The monoisotopic (exact) mass is 484 g/mol. The molecule has 0 saturated carbocycles. The average molecular weight is 485 g/mol. The molecule has 3 amide bonds. The molecule has 172 valence electrons. The summed E-state index contributed by atoms with van der Waals surface area (Å²) in [6, 6.07) is 2.14. The van der Waals surface area contributed by atoms with E-state index >= 15 is 0 Å². The van der Waals surface area contributed by atoms with Crippen molar-refractivity contribution in [1.82, 2.24) is 14.8 Å². The first-order valence-corrected chi connectivity index (χ1v) is 12.9. The van der Waals surface area contributed by atoms with E-state index in [1.165, 1.54) is 15.9 Å². The summed E-state index contributed by atoms with van der Waals surface area (Å²) in [6.45, 7) is 0.639. The number of nitrogens with zero attached hydrogens (tertiary/aromatic N) is 3. The normalized spacial score (nSPS) is 20.8. The van der Waals surface area contributed by atoms with Crippen molar-refractivity contribution in [3.63, 3.8) is 0 Å². The molecule has 1 aromatic carbocycles. The molecule has 0 aliphatic carbocycles. The molecule has 1 atom stereocenters. The molecule has 2 fully saturated rings. The Morgan fingerprint density at radius 1 is 1.12 bits per heavy atom. The van der Waals surface area contributed by atoms with Crippen LogP contribution in [0.3, 0.4) is 0 Å². The number of carbonyl (C=O) groups excluding carboxylic acids is 2. The number of sulfone groups is 1. The number of rotatable bonds is 3. The van der Waals surface area contributed by atoms with E-state index in [1.807, 2.05) is 0 Å². The van der Waals surface area contributed by atoms with E-state index in [4.69, 9.17) is 0 Å². The lowest BCUT2D eigenvalue weighted by molar-refractivity contribution is -0.121. The Bertz CT molecular complexity index is 1120. The molecule has 0 spiro atoms. The minimum Gasteiger partial charge on any atom is -0.323 e. The Morgan fingerprint density at radius 2 is 1.88 bits per heavy atom.